The second kappa shape index (κ2) is 11.1. The number of nitriles is 1. The number of nitrogens with one attached hydrogen (secondary N) is 2. The van der Waals surface area contributed by atoms with Gasteiger partial charge in [0.25, 0.3) is 5.91 Å². The van der Waals surface area contributed by atoms with Gasteiger partial charge in [-0.2, -0.15) is 5.26 Å². The molecule has 1 aliphatic heterocycles. The van der Waals surface area contributed by atoms with Gasteiger partial charge in [0.05, 0.1) is 17.6 Å². The Bertz CT molecular complexity index is 1600. The Morgan fingerprint density at radius 1 is 1.29 bits per heavy atom. The smallest absolute Gasteiger partial charge is 0.258 e. The van der Waals surface area contributed by atoms with Crippen molar-refractivity contribution >= 4 is 23.2 Å². The topological polar surface area (TPSA) is 143 Å². The molecule has 2 aliphatic rings. The molecule has 1 saturated carbocycles. The average Bonchev–Trinajstić information content (AvgIpc) is 3.73. The third-order valence-corrected chi connectivity index (χ3v) is 7.58. The van der Waals surface area contributed by atoms with Crippen LogP contribution in [-0.2, 0) is 4.79 Å². The number of ketones is 1. The number of amides is 1. The summed E-state index contributed by atoms with van der Waals surface area (Å²) in [5.41, 5.74) is 6.49. The number of rotatable bonds is 9. The van der Waals surface area contributed by atoms with E-state index in [-0.39, 0.29) is 52.9 Å². The average molecular weight is 559 g/mol. The molecule has 3 aromatic rings. The van der Waals surface area contributed by atoms with E-state index in [4.69, 9.17) is 10.5 Å². The summed E-state index contributed by atoms with van der Waals surface area (Å²) >= 11 is 0. The highest BCUT2D eigenvalue weighted by molar-refractivity contribution is 6.05. The van der Waals surface area contributed by atoms with Gasteiger partial charge in [0.1, 0.15) is 35.8 Å². The Balaban J connectivity index is 1.45. The van der Waals surface area contributed by atoms with Crippen molar-refractivity contribution in [2.45, 2.75) is 37.6 Å². The summed E-state index contributed by atoms with van der Waals surface area (Å²) in [5.74, 6) is -2.56. The number of halogens is 2. The number of nitrogens with zero attached hydrogens (tertiary/aromatic N) is 3. The Morgan fingerprint density at radius 2 is 2.07 bits per heavy atom. The Hall–Kier alpha value is -4.69. The SMILES string of the molecule is C=CC(=O)[C@@]1(COc2c(N)ncnc2-c2cc(F)cc(NC(=O)c3ccc(C4CC4)cc3F)c2C)C[C@H](C#N)CN1. The minimum absolute atomic E-state index is 0.00127. The van der Waals surface area contributed by atoms with E-state index < -0.39 is 29.0 Å². The zero-order chi connectivity index (χ0) is 29.3. The van der Waals surface area contributed by atoms with Crippen molar-refractivity contribution in [1.29, 1.82) is 5.26 Å². The molecule has 1 aliphatic carbocycles. The number of carbonyl (C=O) groups is 2. The van der Waals surface area contributed by atoms with Crippen molar-refractivity contribution in [3.8, 4) is 23.1 Å². The molecular weight excluding hydrogens is 530 g/mol. The van der Waals surface area contributed by atoms with Crippen LogP contribution < -0.4 is 21.1 Å². The predicted molar refractivity (Wildman–Crippen MR) is 148 cm³/mol. The first-order chi connectivity index (χ1) is 19.7. The molecule has 0 spiro atoms. The van der Waals surface area contributed by atoms with Gasteiger partial charge in [0.2, 0.25) is 0 Å². The number of carbonyl (C=O) groups excluding carboxylic acids is 2. The van der Waals surface area contributed by atoms with Crippen molar-refractivity contribution in [1.82, 2.24) is 15.3 Å². The number of nitrogens with two attached hydrogens (primary N) is 1. The van der Waals surface area contributed by atoms with Crippen LogP contribution in [0.3, 0.4) is 0 Å². The summed E-state index contributed by atoms with van der Waals surface area (Å²) in [7, 11) is 0. The zero-order valence-corrected chi connectivity index (χ0v) is 22.3. The normalized spacial score (nSPS) is 19.8. The number of benzene rings is 2. The first-order valence-electron chi connectivity index (χ1n) is 13.1. The van der Waals surface area contributed by atoms with E-state index in [1.165, 1.54) is 24.5 Å². The summed E-state index contributed by atoms with van der Waals surface area (Å²) in [5, 5.41) is 15.0. The van der Waals surface area contributed by atoms with E-state index in [1.807, 2.05) is 0 Å². The Morgan fingerprint density at radius 3 is 2.73 bits per heavy atom. The highest BCUT2D eigenvalue weighted by Gasteiger charge is 2.45. The second-order valence-electron chi connectivity index (χ2n) is 10.4. The lowest BCUT2D eigenvalue weighted by molar-refractivity contribution is -0.121. The predicted octanol–water partition coefficient (Wildman–Crippen LogP) is 4.45. The molecule has 0 bridgehead atoms. The highest BCUT2D eigenvalue weighted by atomic mass is 19.1. The molecule has 9 nitrogen and oxygen atoms in total. The van der Waals surface area contributed by atoms with Gasteiger partial charge in [-0.1, -0.05) is 12.6 Å². The molecule has 1 amide bonds. The van der Waals surface area contributed by atoms with Gasteiger partial charge in [-0.15, -0.1) is 0 Å². The molecule has 0 unspecified atom stereocenters. The number of hydrogen-bond donors (Lipinski definition) is 3. The molecule has 5 rings (SSSR count). The van der Waals surface area contributed by atoms with Crippen molar-refractivity contribution in [3.63, 3.8) is 0 Å². The van der Waals surface area contributed by atoms with Crippen LogP contribution in [0.4, 0.5) is 20.3 Å². The number of nitrogen functional groups attached to an aromatic ring is 1. The van der Waals surface area contributed by atoms with E-state index in [9.17, 15) is 23.6 Å². The lowest BCUT2D eigenvalue weighted by Crippen LogP contribution is -2.51. The van der Waals surface area contributed by atoms with E-state index >= 15 is 0 Å². The highest BCUT2D eigenvalue weighted by Crippen LogP contribution is 2.41. The third-order valence-electron chi connectivity index (χ3n) is 7.58. The minimum Gasteiger partial charge on any atom is -0.485 e. The fourth-order valence-corrected chi connectivity index (χ4v) is 5.09. The van der Waals surface area contributed by atoms with Gasteiger partial charge in [-0.3, -0.25) is 9.59 Å². The maximum Gasteiger partial charge on any atom is 0.258 e. The summed E-state index contributed by atoms with van der Waals surface area (Å²) < 4.78 is 35.7. The quantitative estimate of drug-likeness (QED) is 0.327. The van der Waals surface area contributed by atoms with Crippen LogP contribution in [0.2, 0.25) is 0 Å². The van der Waals surface area contributed by atoms with E-state index in [1.54, 1.807) is 13.0 Å². The zero-order valence-electron chi connectivity index (χ0n) is 22.3. The van der Waals surface area contributed by atoms with Gasteiger partial charge in [0.15, 0.2) is 17.4 Å². The molecule has 1 aromatic heterocycles. The van der Waals surface area contributed by atoms with E-state index in [2.05, 4.69) is 33.2 Å². The van der Waals surface area contributed by atoms with Crippen molar-refractivity contribution < 1.29 is 23.1 Å². The van der Waals surface area contributed by atoms with Crippen LogP contribution in [0.5, 0.6) is 5.75 Å². The number of hydrogen-bond acceptors (Lipinski definition) is 8. The standard InChI is InChI=1S/C30H28F2N6O3/c1-3-25(39)30(11-17(12-33)13-37-30)14-41-27-26(35-15-36-28(27)34)22-9-20(31)10-24(16(22)2)38-29(40)21-7-6-19(8-23(21)32)18-4-5-18/h3,6-10,15,17-18,37H,1,4-5,11,13-14H2,2H3,(H,38,40)(H2,34,35,36)/t17-,30+/m1/s1. The number of aromatic nitrogens is 2. The van der Waals surface area contributed by atoms with Gasteiger partial charge < -0.3 is 21.1 Å². The minimum atomic E-state index is -1.21. The second-order valence-corrected chi connectivity index (χ2v) is 10.4. The fraction of sp³-hybridized carbons (Fsp3) is 0.300. The summed E-state index contributed by atoms with van der Waals surface area (Å²) in [6.45, 7) is 5.28. The van der Waals surface area contributed by atoms with Gasteiger partial charge in [-0.05, 0) is 73.6 Å². The largest absolute Gasteiger partial charge is 0.485 e. The van der Waals surface area contributed by atoms with Crippen LogP contribution >= 0.6 is 0 Å². The number of anilines is 2. The number of ether oxygens (including phenoxy) is 1. The van der Waals surface area contributed by atoms with E-state index in [0.29, 0.717) is 18.0 Å². The first-order valence-corrected chi connectivity index (χ1v) is 13.1. The lowest BCUT2D eigenvalue weighted by Gasteiger charge is -2.27. The molecule has 1 saturated heterocycles. The van der Waals surface area contributed by atoms with Crippen molar-refractivity contribution in [3.05, 3.63) is 77.6 Å². The third kappa shape index (κ3) is 5.51. The van der Waals surface area contributed by atoms with Gasteiger partial charge >= 0.3 is 0 Å². The molecule has 11 heteroatoms. The summed E-state index contributed by atoms with van der Waals surface area (Å²) in [6, 6.07) is 9.01. The molecule has 210 valence electrons. The monoisotopic (exact) mass is 558 g/mol. The van der Waals surface area contributed by atoms with Crippen LogP contribution in [0.15, 0.2) is 49.3 Å². The Labute approximate surface area is 235 Å². The molecule has 2 atom stereocenters. The van der Waals surface area contributed by atoms with Crippen LogP contribution in [0.25, 0.3) is 11.3 Å². The fourth-order valence-electron chi connectivity index (χ4n) is 5.09. The van der Waals surface area contributed by atoms with Gasteiger partial charge in [0, 0.05) is 17.8 Å². The maximum atomic E-state index is 14.9. The van der Waals surface area contributed by atoms with Crippen LogP contribution in [0, 0.1) is 35.8 Å². The van der Waals surface area contributed by atoms with E-state index in [0.717, 1.165) is 30.5 Å². The van der Waals surface area contributed by atoms with Crippen LogP contribution in [-0.4, -0.2) is 40.3 Å². The molecule has 41 heavy (non-hydrogen) atoms. The molecule has 2 heterocycles. The molecular formula is C30H28F2N6O3. The molecule has 0 radical (unpaired) electrons. The summed E-state index contributed by atoms with van der Waals surface area (Å²) in [4.78, 5) is 34.0. The molecule has 4 N–H and O–H groups in total. The van der Waals surface area contributed by atoms with Gasteiger partial charge in [-0.25, -0.2) is 18.7 Å². The van der Waals surface area contributed by atoms with Crippen LogP contribution in [0.1, 0.15) is 46.7 Å². The maximum absolute atomic E-state index is 14.9. The lowest BCUT2D eigenvalue weighted by atomic mass is 9.89. The van der Waals surface area contributed by atoms with Crippen molar-refractivity contribution in [2.75, 3.05) is 24.2 Å². The summed E-state index contributed by atoms with van der Waals surface area (Å²) in [6.07, 6.45) is 4.54. The molecule has 2 fully saturated rings. The van der Waals surface area contributed by atoms with Crippen molar-refractivity contribution in [2.24, 2.45) is 5.92 Å². The first kappa shape index (κ1) is 27.9. The molecule has 2 aromatic carbocycles. The Kier molecular flexibility index (Phi) is 7.51.